The first-order chi connectivity index (χ1) is 13.0. The number of benzene rings is 1. The molecule has 0 aliphatic carbocycles. The zero-order valence-corrected chi connectivity index (χ0v) is 16.6. The quantitative estimate of drug-likeness (QED) is 0.426. The molecular formula is C19H30N2O6. The molecule has 1 aromatic carbocycles. The Labute approximate surface area is 160 Å². The molecule has 0 spiro atoms. The van der Waals surface area contributed by atoms with Crippen molar-refractivity contribution in [2.75, 3.05) is 34.5 Å². The number of urea groups is 1. The Balaban J connectivity index is 2.33. The average Bonchev–Trinajstić information content (AvgIpc) is 2.68. The van der Waals surface area contributed by atoms with Gasteiger partial charge in [0.25, 0.3) is 0 Å². The second-order valence-corrected chi connectivity index (χ2v) is 5.76. The Bertz CT molecular complexity index is 581. The molecule has 0 unspecified atom stereocenters. The molecule has 0 bridgehead atoms. The lowest BCUT2D eigenvalue weighted by atomic mass is 10.2. The summed E-state index contributed by atoms with van der Waals surface area (Å²) in [4.78, 5) is 23.1. The highest BCUT2D eigenvalue weighted by molar-refractivity contribution is 5.73. The van der Waals surface area contributed by atoms with E-state index in [-0.39, 0.29) is 12.0 Å². The number of carbonyl (C=O) groups excluding carboxylic acids is 2. The summed E-state index contributed by atoms with van der Waals surface area (Å²) in [7, 11) is 4.63. The maximum absolute atomic E-state index is 11.9. The van der Waals surface area contributed by atoms with Crippen LogP contribution < -0.4 is 24.8 Å². The molecule has 2 amide bonds. The Morgan fingerprint density at radius 3 is 2.15 bits per heavy atom. The van der Waals surface area contributed by atoms with Crippen molar-refractivity contribution in [1.29, 1.82) is 0 Å². The molecule has 0 saturated carbocycles. The third-order valence-corrected chi connectivity index (χ3v) is 3.83. The van der Waals surface area contributed by atoms with Crippen LogP contribution in [0.2, 0.25) is 0 Å². The van der Waals surface area contributed by atoms with Gasteiger partial charge in [0.15, 0.2) is 11.5 Å². The molecule has 0 fully saturated rings. The fourth-order valence-electron chi connectivity index (χ4n) is 2.49. The maximum atomic E-state index is 11.9. The molecule has 2 N–H and O–H groups in total. The predicted octanol–water partition coefficient (Wildman–Crippen LogP) is 2.64. The molecular weight excluding hydrogens is 352 g/mol. The molecule has 0 atom stereocenters. The molecule has 0 aliphatic heterocycles. The summed E-state index contributed by atoms with van der Waals surface area (Å²) in [5, 5.41) is 5.58. The van der Waals surface area contributed by atoms with Gasteiger partial charge >= 0.3 is 12.0 Å². The number of esters is 1. The van der Waals surface area contributed by atoms with Crippen molar-refractivity contribution in [3.63, 3.8) is 0 Å². The fourth-order valence-corrected chi connectivity index (χ4v) is 2.49. The number of hydrogen-bond donors (Lipinski definition) is 2. The zero-order valence-electron chi connectivity index (χ0n) is 16.6. The number of rotatable bonds is 12. The van der Waals surface area contributed by atoms with Gasteiger partial charge in [-0.2, -0.15) is 0 Å². The highest BCUT2D eigenvalue weighted by Gasteiger charge is 2.13. The van der Waals surface area contributed by atoms with Crippen LogP contribution in [0.1, 0.15) is 38.2 Å². The minimum atomic E-state index is -0.255. The van der Waals surface area contributed by atoms with Crippen LogP contribution in [0.25, 0.3) is 0 Å². The SMILES string of the molecule is CCOC(=O)CCCCCNC(=O)NCc1cc(OC)c(OC)c(OC)c1. The van der Waals surface area contributed by atoms with Crippen LogP contribution in [0, 0.1) is 0 Å². The molecule has 27 heavy (non-hydrogen) atoms. The summed E-state index contributed by atoms with van der Waals surface area (Å²) in [5.74, 6) is 1.41. The van der Waals surface area contributed by atoms with Gasteiger partial charge in [-0.05, 0) is 37.5 Å². The summed E-state index contributed by atoms with van der Waals surface area (Å²) in [5.41, 5.74) is 0.828. The van der Waals surface area contributed by atoms with Crippen LogP contribution in [0.3, 0.4) is 0 Å². The Hall–Kier alpha value is -2.64. The van der Waals surface area contributed by atoms with Gasteiger partial charge in [0, 0.05) is 19.5 Å². The second-order valence-electron chi connectivity index (χ2n) is 5.76. The van der Waals surface area contributed by atoms with Crippen LogP contribution in [0.15, 0.2) is 12.1 Å². The van der Waals surface area contributed by atoms with E-state index in [1.54, 1.807) is 40.4 Å². The molecule has 152 valence electrons. The van der Waals surface area contributed by atoms with E-state index in [2.05, 4.69) is 10.6 Å². The lowest BCUT2D eigenvalue weighted by Gasteiger charge is -2.14. The molecule has 1 rings (SSSR count). The Kier molecular flexibility index (Phi) is 10.5. The van der Waals surface area contributed by atoms with Crippen molar-refractivity contribution in [2.24, 2.45) is 0 Å². The molecule has 0 radical (unpaired) electrons. The summed E-state index contributed by atoms with van der Waals surface area (Å²) in [6.45, 7) is 3.07. The van der Waals surface area contributed by atoms with Gasteiger partial charge in [0.2, 0.25) is 5.75 Å². The molecule has 8 nitrogen and oxygen atoms in total. The zero-order chi connectivity index (χ0) is 20.1. The van der Waals surface area contributed by atoms with E-state index in [0.717, 1.165) is 24.8 Å². The van der Waals surface area contributed by atoms with Gasteiger partial charge in [0.05, 0.1) is 27.9 Å². The van der Waals surface area contributed by atoms with E-state index < -0.39 is 0 Å². The van der Waals surface area contributed by atoms with Crippen molar-refractivity contribution in [3.05, 3.63) is 17.7 Å². The summed E-state index contributed by atoms with van der Waals surface area (Å²) in [6, 6.07) is 3.32. The number of methoxy groups -OCH3 is 3. The van der Waals surface area contributed by atoms with Crippen molar-refractivity contribution >= 4 is 12.0 Å². The summed E-state index contributed by atoms with van der Waals surface area (Å²) >= 11 is 0. The Morgan fingerprint density at radius 1 is 0.926 bits per heavy atom. The van der Waals surface area contributed by atoms with E-state index in [0.29, 0.717) is 43.4 Å². The lowest BCUT2D eigenvalue weighted by Crippen LogP contribution is -2.35. The highest BCUT2D eigenvalue weighted by atomic mass is 16.5. The van der Waals surface area contributed by atoms with Gasteiger partial charge in [-0.3, -0.25) is 4.79 Å². The first kappa shape index (κ1) is 22.4. The van der Waals surface area contributed by atoms with Gasteiger partial charge in [0.1, 0.15) is 0 Å². The lowest BCUT2D eigenvalue weighted by molar-refractivity contribution is -0.143. The number of nitrogens with one attached hydrogen (secondary N) is 2. The van der Waals surface area contributed by atoms with Crippen LogP contribution in [-0.4, -0.2) is 46.5 Å². The molecule has 0 saturated heterocycles. The number of hydrogen-bond acceptors (Lipinski definition) is 6. The van der Waals surface area contributed by atoms with Crippen LogP contribution in [0.4, 0.5) is 4.79 Å². The number of unbranched alkanes of at least 4 members (excludes halogenated alkanes) is 2. The largest absolute Gasteiger partial charge is 0.493 e. The van der Waals surface area contributed by atoms with Crippen molar-refractivity contribution < 1.29 is 28.5 Å². The van der Waals surface area contributed by atoms with Gasteiger partial charge < -0.3 is 29.6 Å². The minimum absolute atomic E-state index is 0.173. The van der Waals surface area contributed by atoms with Crippen molar-refractivity contribution in [1.82, 2.24) is 10.6 Å². The van der Waals surface area contributed by atoms with E-state index in [4.69, 9.17) is 18.9 Å². The molecule has 1 aromatic rings. The number of carbonyl (C=O) groups is 2. The topological polar surface area (TPSA) is 95.1 Å². The van der Waals surface area contributed by atoms with Gasteiger partial charge in [-0.1, -0.05) is 6.42 Å². The standard InChI is InChI=1S/C19H30N2O6/c1-5-27-17(22)9-7-6-8-10-20-19(23)21-13-14-11-15(24-2)18(26-4)16(12-14)25-3/h11-12H,5-10,13H2,1-4H3,(H2,20,21,23). The van der Waals surface area contributed by atoms with E-state index >= 15 is 0 Å². The smallest absolute Gasteiger partial charge is 0.315 e. The van der Waals surface area contributed by atoms with E-state index in [1.165, 1.54) is 0 Å². The van der Waals surface area contributed by atoms with Crippen molar-refractivity contribution in [3.8, 4) is 17.2 Å². The molecule has 0 aromatic heterocycles. The Morgan fingerprint density at radius 2 is 1.59 bits per heavy atom. The maximum Gasteiger partial charge on any atom is 0.315 e. The fraction of sp³-hybridized carbons (Fsp3) is 0.579. The van der Waals surface area contributed by atoms with E-state index in [9.17, 15) is 9.59 Å². The van der Waals surface area contributed by atoms with E-state index in [1.807, 2.05) is 0 Å². The summed E-state index contributed by atoms with van der Waals surface area (Å²) < 4.78 is 20.7. The number of amides is 2. The molecule has 8 heteroatoms. The van der Waals surface area contributed by atoms with Crippen LogP contribution in [0.5, 0.6) is 17.2 Å². The van der Waals surface area contributed by atoms with Gasteiger partial charge in [-0.25, -0.2) is 4.79 Å². The average molecular weight is 382 g/mol. The van der Waals surface area contributed by atoms with Crippen LogP contribution in [-0.2, 0) is 16.1 Å². The number of ether oxygens (including phenoxy) is 4. The van der Waals surface area contributed by atoms with Crippen LogP contribution >= 0.6 is 0 Å². The predicted molar refractivity (Wildman–Crippen MR) is 101 cm³/mol. The monoisotopic (exact) mass is 382 g/mol. The van der Waals surface area contributed by atoms with Crippen molar-refractivity contribution in [2.45, 2.75) is 39.2 Å². The third kappa shape index (κ3) is 8.06. The first-order valence-electron chi connectivity index (χ1n) is 9.01. The second kappa shape index (κ2) is 12.7. The summed E-state index contributed by atoms with van der Waals surface area (Å²) in [6.07, 6.45) is 2.83. The minimum Gasteiger partial charge on any atom is -0.493 e. The van der Waals surface area contributed by atoms with Gasteiger partial charge in [-0.15, -0.1) is 0 Å². The highest BCUT2D eigenvalue weighted by Crippen LogP contribution is 2.38. The first-order valence-corrected chi connectivity index (χ1v) is 9.01. The molecule has 0 aliphatic rings. The normalized spacial score (nSPS) is 10.1. The molecule has 0 heterocycles. The third-order valence-electron chi connectivity index (χ3n) is 3.83.